The predicted molar refractivity (Wildman–Crippen MR) is 83.8 cm³/mol. The van der Waals surface area contributed by atoms with E-state index in [1.54, 1.807) is 23.8 Å². The van der Waals surface area contributed by atoms with Gasteiger partial charge in [-0.05, 0) is 24.3 Å². The Morgan fingerprint density at radius 1 is 1.29 bits per heavy atom. The number of thioether (sulfide) groups is 1. The molecular formula is C14H15FN6O2S. The first kappa shape index (κ1) is 16.6. The van der Waals surface area contributed by atoms with Gasteiger partial charge in [-0.15, -0.1) is 10.2 Å². The summed E-state index contributed by atoms with van der Waals surface area (Å²) < 4.78 is 25.0. The van der Waals surface area contributed by atoms with Gasteiger partial charge in [0.05, 0.1) is 12.3 Å². The van der Waals surface area contributed by atoms with Crippen LogP contribution in [0.1, 0.15) is 17.5 Å². The molecule has 3 aromatic rings. The van der Waals surface area contributed by atoms with Gasteiger partial charge in [-0.2, -0.15) is 4.98 Å². The van der Waals surface area contributed by atoms with Gasteiger partial charge in [-0.1, -0.05) is 16.9 Å². The molecule has 2 N–H and O–H groups in total. The second kappa shape index (κ2) is 7.51. The van der Waals surface area contributed by atoms with Crippen molar-refractivity contribution >= 4 is 11.8 Å². The summed E-state index contributed by atoms with van der Waals surface area (Å²) in [4.78, 5) is 4.20. The topological polar surface area (TPSA) is 105 Å². The minimum absolute atomic E-state index is 0.212. The summed E-state index contributed by atoms with van der Waals surface area (Å²) in [5.74, 6) is 1.62. The molecule has 2 heterocycles. The minimum Gasteiger partial charge on any atom is -0.377 e. The van der Waals surface area contributed by atoms with E-state index in [2.05, 4.69) is 20.3 Å². The van der Waals surface area contributed by atoms with E-state index in [4.69, 9.17) is 15.0 Å². The third kappa shape index (κ3) is 3.61. The Hall–Kier alpha value is -2.30. The van der Waals surface area contributed by atoms with E-state index in [1.807, 2.05) is 0 Å². The average molecular weight is 350 g/mol. The number of nitrogens with zero attached hydrogens (tertiary/aromatic N) is 5. The van der Waals surface area contributed by atoms with Crippen molar-refractivity contribution in [2.24, 2.45) is 5.73 Å². The molecule has 0 aliphatic carbocycles. The van der Waals surface area contributed by atoms with Gasteiger partial charge in [0.2, 0.25) is 5.89 Å². The first-order chi connectivity index (χ1) is 11.7. The molecular weight excluding hydrogens is 335 g/mol. The minimum atomic E-state index is -0.313. The first-order valence-electron chi connectivity index (χ1n) is 7.04. The highest BCUT2D eigenvalue weighted by Crippen LogP contribution is 2.25. The van der Waals surface area contributed by atoms with E-state index in [0.29, 0.717) is 28.4 Å². The molecule has 126 valence electrons. The molecule has 10 heteroatoms. The standard InChI is InChI=1S/C14H15FN6O2S/c1-22-7-11-17-13(23-20-11)8-24-14-19-18-12(6-16)21(14)10-4-2-9(15)3-5-10/h2-5H,6-8,16H2,1H3. The molecule has 0 unspecified atom stereocenters. The number of benzene rings is 1. The molecule has 0 aliphatic rings. The summed E-state index contributed by atoms with van der Waals surface area (Å²) in [5, 5.41) is 12.6. The van der Waals surface area contributed by atoms with Crippen molar-refractivity contribution in [3.63, 3.8) is 0 Å². The Kier molecular flexibility index (Phi) is 5.18. The SMILES string of the molecule is COCc1noc(CSc2nnc(CN)n2-c2ccc(F)cc2)n1. The van der Waals surface area contributed by atoms with Gasteiger partial charge in [-0.3, -0.25) is 4.57 Å². The fourth-order valence-corrected chi connectivity index (χ4v) is 2.85. The van der Waals surface area contributed by atoms with Gasteiger partial charge in [0, 0.05) is 12.8 Å². The van der Waals surface area contributed by atoms with Crippen LogP contribution in [0.2, 0.25) is 0 Å². The zero-order chi connectivity index (χ0) is 16.9. The van der Waals surface area contributed by atoms with Crippen LogP contribution in [0.25, 0.3) is 5.69 Å². The van der Waals surface area contributed by atoms with Crippen LogP contribution >= 0.6 is 11.8 Å². The molecule has 1 aromatic carbocycles. The molecule has 8 nitrogen and oxygen atoms in total. The summed E-state index contributed by atoms with van der Waals surface area (Å²) in [6.07, 6.45) is 0. The molecule has 2 aromatic heterocycles. The van der Waals surface area contributed by atoms with Crippen LogP contribution in [0, 0.1) is 5.82 Å². The second-order valence-corrected chi connectivity index (χ2v) is 5.68. The molecule has 0 fully saturated rings. The zero-order valence-corrected chi connectivity index (χ0v) is 13.7. The highest BCUT2D eigenvalue weighted by molar-refractivity contribution is 7.98. The first-order valence-corrected chi connectivity index (χ1v) is 8.03. The van der Waals surface area contributed by atoms with Gasteiger partial charge >= 0.3 is 0 Å². The Morgan fingerprint density at radius 2 is 2.08 bits per heavy atom. The van der Waals surface area contributed by atoms with Crippen molar-refractivity contribution in [2.75, 3.05) is 7.11 Å². The normalized spacial score (nSPS) is 11.1. The zero-order valence-electron chi connectivity index (χ0n) is 12.8. The van der Waals surface area contributed by atoms with Crippen LogP contribution in [-0.2, 0) is 23.6 Å². The van der Waals surface area contributed by atoms with Gasteiger partial charge in [-0.25, -0.2) is 4.39 Å². The second-order valence-electron chi connectivity index (χ2n) is 4.74. The summed E-state index contributed by atoms with van der Waals surface area (Å²) in [7, 11) is 1.56. The number of methoxy groups -OCH3 is 1. The van der Waals surface area contributed by atoms with E-state index in [9.17, 15) is 4.39 Å². The lowest BCUT2D eigenvalue weighted by molar-refractivity contribution is 0.174. The Labute approximate surface area is 141 Å². The smallest absolute Gasteiger partial charge is 0.237 e. The van der Waals surface area contributed by atoms with Crippen LogP contribution < -0.4 is 5.73 Å². The van der Waals surface area contributed by atoms with Crippen LogP contribution in [0.5, 0.6) is 0 Å². The third-order valence-electron chi connectivity index (χ3n) is 3.08. The van der Waals surface area contributed by atoms with E-state index < -0.39 is 0 Å². The highest BCUT2D eigenvalue weighted by atomic mass is 32.2. The number of hydrogen-bond donors (Lipinski definition) is 1. The highest BCUT2D eigenvalue weighted by Gasteiger charge is 2.15. The van der Waals surface area contributed by atoms with Crippen molar-refractivity contribution in [1.82, 2.24) is 24.9 Å². The van der Waals surface area contributed by atoms with E-state index in [-0.39, 0.29) is 19.0 Å². The maximum absolute atomic E-state index is 13.1. The molecule has 24 heavy (non-hydrogen) atoms. The van der Waals surface area contributed by atoms with E-state index in [0.717, 1.165) is 5.69 Å². The van der Waals surface area contributed by atoms with Gasteiger partial charge in [0.15, 0.2) is 16.8 Å². The molecule has 0 saturated heterocycles. The molecule has 0 spiro atoms. The Bertz CT molecular complexity index is 804. The van der Waals surface area contributed by atoms with E-state index >= 15 is 0 Å². The molecule has 0 atom stereocenters. The van der Waals surface area contributed by atoms with Crippen LogP contribution in [-0.4, -0.2) is 32.0 Å². The maximum atomic E-state index is 13.1. The number of ether oxygens (including phenoxy) is 1. The van der Waals surface area contributed by atoms with Crippen molar-refractivity contribution < 1.29 is 13.7 Å². The lowest BCUT2D eigenvalue weighted by atomic mass is 10.3. The molecule has 3 rings (SSSR count). The molecule has 0 saturated carbocycles. The van der Waals surface area contributed by atoms with Gasteiger partial charge in [0.25, 0.3) is 0 Å². The predicted octanol–water partition coefficient (Wildman–Crippen LogP) is 1.69. The number of nitrogens with two attached hydrogens (primary N) is 1. The third-order valence-corrected chi connectivity index (χ3v) is 3.99. The van der Waals surface area contributed by atoms with Crippen molar-refractivity contribution in [1.29, 1.82) is 0 Å². The fourth-order valence-electron chi connectivity index (χ4n) is 2.04. The molecule has 0 amide bonds. The molecule has 0 aliphatic heterocycles. The lowest BCUT2D eigenvalue weighted by Crippen LogP contribution is -2.07. The van der Waals surface area contributed by atoms with E-state index in [1.165, 1.54) is 23.9 Å². The van der Waals surface area contributed by atoms with Gasteiger partial charge < -0.3 is 15.0 Å². The average Bonchev–Trinajstić information content (AvgIpc) is 3.20. The largest absolute Gasteiger partial charge is 0.377 e. The van der Waals surface area contributed by atoms with Gasteiger partial charge in [0.1, 0.15) is 12.4 Å². The fraction of sp³-hybridized carbons (Fsp3) is 0.286. The number of rotatable bonds is 7. The lowest BCUT2D eigenvalue weighted by Gasteiger charge is -2.08. The maximum Gasteiger partial charge on any atom is 0.237 e. The summed E-state index contributed by atoms with van der Waals surface area (Å²) in [5.41, 5.74) is 6.45. The summed E-state index contributed by atoms with van der Waals surface area (Å²) in [6.45, 7) is 0.501. The number of halogens is 1. The van der Waals surface area contributed by atoms with Crippen molar-refractivity contribution in [3.05, 3.63) is 47.6 Å². The molecule has 0 bridgehead atoms. The van der Waals surface area contributed by atoms with Crippen LogP contribution in [0.15, 0.2) is 33.9 Å². The summed E-state index contributed by atoms with van der Waals surface area (Å²) >= 11 is 1.37. The monoisotopic (exact) mass is 350 g/mol. The van der Waals surface area contributed by atoms with Crippen LogP contribution in [0.4, 0.5) is 4.39 Å². The Morgan fingerprint density at radius 3 is 2.79 bits per heavy atom. The van der Waals surface area contributed by atoms with Crippen molar-refractivity contribution in [3.8, 4) is 5.69 Å². The van der Waals surface area contributed by atoms with Crippen LogP contribution in [0.3, 0.4) is 0 Å². The quantitative estimate of drug-likeness (QED) is 0.642. The summed E-state index contributed by atoms with van der Waals surface area (Å²) in [6, 6.07) is 6.04. The number of hydrogen-bond acceptors (Lipinski definition) is 8. The number of aromatic nitrogens is 5. The van der Waals surface area contributed by atoms with Crippen molar-refractivity contribution in [2.45, 2.75) is 24.1 Å². The molecule has 0 radical (unpaired) electrons. The Balaban J connectivity index is 1.80.